The minimum atomic E-state index is 0.521. The number of piperidine rings is 1. The van der Waals surface area contributed by atoms with Gasteiger partial charge in [-0.2, -0.15) is 5.10 Å². The van der Waals surface area contributed by atoms with Crippen LogP contribution in [0.1, 0.15) is 18.5 Å². The molecule has 1 aromatic heterocycles. The number of anilines is 2. The molecule has 0 radical (unpaired) electrons. The molecule has 0 spiro atoms. The largest absolute Gasteiger partial charge is 0.495 e. The summed E-state index contributed by atoms with van der Waals surface area (Å²) in [5.41, 5.74) is 11.8. The molecule has 6 heteroatoms. The predicted octanol–water partition coefficient (Wildman–Crippen LogP) is 2.13. The molecule has 2 aromatic rings. The monoisotopic (exact) mass is 341 g/mol. The summed E-state index contributed by atoms with van der Waals surface area (Å²) in [7, 11) is 5.92. The molecule has 25 heavy (non-hydrogen) atoms. The molecule has 0 saturated carbocycles. The lowest BCUT2D eigenvalue weighted by molar-refractivity contribution is 0.244. The van der Waals surface area contributed by atoms with Crippen molar-refractivity contribution in [1.29, 1.82) is 0 Å². The molecule has 3 heterocycles. The van der Waals surface area contributed by atoms with Crippen molar-refractivity contribution in [3.05, 3.63) is 24.0 Å². The molecule has 2 aliphatic rings. The summed E-state index contributed by atoms with van der Waals surface area (Å²) in [4.78, 5) is 4.99. The fourth-order valence-electron chi connectivity index (χ4n) is 4.32. The Morgan fingerprint density at radius 2 is 2.04 bits per heavy atom. The number of nitrogens with two attached hydrogens (primary N) is 1. The van der Waals surface area contributed by atoms with E-state index >= 15 is 0 Å². The number of aryl methyl sites for hydroxylation is 1. The van der Waals surface area contributed by atoms with E-state index in [1.54, 1.807) is 7.11 Å². The standard InChI is InChI=1S/C19H27N5O/c1-22-7-4-5-13(12-22)24-8-6-17-15(11-21-23(17)2)14-9-16(20)19(25-3)10-18(14)24/h9-11,13H,4-8,12,20H2,1-3H3. The summed E-state index contributed by atoms with van der Waals surface area (Å²) in [6, 6.07) is 4.69. The van der Waals surface area contributed by atoms with E-state index in [4.69, 9.17) is 10.5 Å². The predicted molar refractivity (Wildman–Crippen MR) is 101 cm³/mol. The van der Waals surface area contributed by atoms with Crippen LogP contribution in [0.5, 0.6) is 5.75 Å². The highest BCUT2D eigenvalue weighted by Gasteiger charge is 2.30. The summed E-state index contributed by atoms with van der Waals surface area (Å²) in [6.07, 6.45) is 5.43. The van der Waals surface area contributed by atoms with E-state index < -0.39 is 0 Å². The van der Waals surface area contributed by atoms with Crippen LogP contribution < -0.4 is 15.4 Å². The van der Waals surface area contributed by atoms with Crippen molar-refractivity contribution < 1.29 is 4.74 Å². The Morgan fingerprint density at radius 3 is 2.80 bits per heavy atom. The number of nitrogen functional groups attached to an aromatic ring is 1. The molecule has 134 valence electrons. The number of likely N-dealkylation sites (tertiary alicyclic amines) is 1. The van der Waals surface area contributed by atoms with Crippen LogP contribution >= 0.6 is 0 Å². The third kappa shape index (κ3) is 2.74. The van der Waals surface area contributed by atoms with Crippen LogP contribution in [0.4, 0.5) is 11.4 Å². The second-order valence-electron chi connectivity index (χ2n) is 7.24. The maximum Gasteiger partial charge on any atom is 0.143 e. The van der Waals surface area contributed by atoms with Gasteiger partial charge in [-0.05, 0) is 32.5 Å². The zero-order chi connectivity index (χ0) is 17.6. The average molecular weight is 341 g/mol. The highest BCUT2D eigenvalue weighted by molar-refractivity contribution is 5.86. The van der Waals surface area contributed by atoms with Gasteiger partial charge in [-0.3, -0.25) is 4.68 Å². The first-order valence-corrected chi connectivity index (χ1v) is 9.02. The molecule has 1 atom stereocenters. The smallest absolute Gasteiger partial charge is 0.143 e. The van der Waals surface area contributed by atoms with Crippen molar-refractivity contribution in [3.63, 3.8) is 0 Å². The summed E-state index contributed by atoms with van der Waals surface area (Å²) >= 11 is 0. The number of hydrogen-bond acceptors (Lipinski definition) is 5. The Bertz CT molecular complexity index is 784. The number of hydrogen-bond donors (Lipinski definition) is 1. The number of rotatable bonds is 2. The molecule has 1 unspecified atom stereocenters. The van der Waals surface area contributed by atoms with E-state index in [2.05, 4.69) is 34.1 Å². The summed E-state index contributed by atoms with van der Waals surface area (Å²) in [5.74, 6) is 0.750. The first-order chi connectivity index (χ1) is 12.1. The zero-order valence-electron chi connectivity index (χ0n) is 15.3. The van der Waals surface area contributed by atoms with Gasteiger partial charge < -0.3 is 20.3 Å². The third-order valence-electron chi connectivity index (χ3n) is 5.64. The van der Waals surface area contributed by atoms with Crippen molar-refractivity contribution in [3.8, 4) is 16.9 Å². The molecule has 0 bridgehead atoms. The van der Waals surface area contributed by atoms with Gasteiger partial charge in [0.15, 0.2) is 0 Å². The van der Waals surface area contributed by atoms with Gasteiger partial charge in [-0.15, -0.1) is 0 Å². The van der Waals surface area contributed by atoms with Crippen molar-refractivity contribution in [1.82, 2.24) is 14.7 Å². The lowest BCUT2D eigenvalue weighted by atomic mass is 10.00. The summed E-state index contributed by atoms with van der Waals surface area (Å²) in [5, 5.41) is 4.48. The number of nitrogens with zero attached hydrogens (tertiary/aromatic N) is 4. The van der Waals surface area contributed by atoms with Gasteiger partial charge in [-0.1, -0.05) is 0 Å². The molecule has 2 aliphatic heterocycles. The van der Waals surface area contributed by atoms with Crippen molar-refractivity contribution >= 4 is 11.4 Å². The van der Waals surface area contributed by atoms with Gasteiger partial charge in [0.05, 0.1) is 19.0 Å². The topological polar surface area (TPSA) is 59.6 Å². The highest BCUT2D eigenvalue weighted by atomic mass is 16.5. The van der Waals surface area contributed by atoms with Crippen LogP contribution in [-0.2, 0) is 13.5 Å². The molecule has 2 N–H and O–H groups in total. The van der Waals surface area contributed by atoms with E-state index in [9.17, 15) is 0 Å². The van der Waals surface area contributed by atoms with Gasteiger partial charge >= 0.3 is 0 Å². The number of fused-ring (bicyclic) bond motifs is 3. The maximum absolute atomic E-state index is 6.24. The van der Waals surface area contributed by atoms with E-state index in [0.29, 0.717) is 11.7 Å². The number of ether oxygens (including phenoxy) is 1. The lowest BCUT2D eigenvalue weighted by Gasteiger charge is -2.39. The third-order valence-corrected chi connectivity index (χ3v) is 5.64. The fraction of sp³-hybridized carbons (Fsp3) is 0.526. The molecule has 0 amide bonds. The van der Waals surface area contributed by atoms with Gasteiger partial charge in [0.2, 0.25) is 0 Å². The SMILES string of the molecule is COc1cc2c(cc1N)-c1cnn(C)c1CCN2C1CCCN(C)C1. The van der Waals surface area contributed by atoms with Gasteiger partial charge in [-0.25, -0.2) is 0 Å². The molecule has 1 saturated heterocycles. The van der Waals surface area contributed by atoms with Crippen LogP contribution in [0.2, 0.25) is 0 Å². The second kappa shape index (κ2) is 6.26. The first-order valence-electron chi connectivity index (χ1n) is 9.02. The zero-order valence-corrected chi connectivity index (χ0v) is 15.3. The molecule has 6 nitrogen and oxygen atoms in total. The first kappa shape index (κ1) is 16.3. The minimum Gasteiger partial charge on any atom is -0.495 e. The van der Waals surface area contributed by atoms with Crippen molar-refractivity contribution in [2.45, 2.75) is 25.3 Å². The van der Waals surface area contributed by atoms with Gasteiger partial charge in [0, 0.05) is 61.2 Å². The molecule has 1 fully saturated rings. The van der Waals surface area contributed by atoms with Crippen LogP contribution in [0.25, 0.3) is 11.1 Å². The van der Waals surface area contributed by atoms with Crippen LogP contribution in [0, 0.1) is 0 Å². The Labute approximate surface area is 149 Å². The molecule has 0 aliphatic carbocycles. The van der Waals surface area contributed by atoms with Crippen LogP contribution in [-0.4, -0.2) is 54.5 Å². The number of likely N-dealkylation sites (N-methyl/N-ethyl adjacent to an activating group) is 1. The van der Waals surface area contributed by atoms with Crippen LogP contribution in [0.3, 0.4) is 0 Å². The minimum absolute atomic E-state index is 0.521. The summed E-state index contributed by atoms with van der Waals surface area (Å²) < 4.78 is 7.51. The average Bonchev–Trinajstić information content (AvgIpc) is 2.88. The number of methoxy groups -OCH3 is 1. The summed E-state index contributed by atoms with van der Waals surface area (Å²) in [6.45, 7) is 3.28. The van der Waals surface area contributed by atoms with Crippen LogP contribution in [0.15, 0.2) is 18.3 Å². The lowest BCUT2D eigenvalue weighted by Crippen LogP contribution is -2.47. The van der Waals surface area contributed by atoms with E-state index in [-0.39, 0.29) is 0 Å². The Balaban J connectivity index is 1.84. The van der Waals surface area contributed by atoms with Gasteiger partial charge in [0.1, 0.15) is 5.75 Å². The molecule has 1 aromatic carbocycles. The van der Waals surface area contributed by atoms with Crippen molar-refractivity contribution in [2.24, 2.45) is 7.05 Å². The van der Waals surface area contributed by atoms with Gasteiger partial charge in [0.25, 0.3) is 0 Å². The quantitative estimate of drug-likeness (QED) is 0.848. The normalized spacial score (nSPS) is 20.8. The molecular weight excluding hydrogens is 314 g/mol. The Hall–Kier alpha value is -2.21. The fourth-order valence-corrected chi connectivity index (χ4v) is 4.32. The van der Waals surface area contributed by atoms with Crippen molar-refractivity contribution in [2.75, 3.05) is 44.4 Å². The number of benzene rings is 1. The Kier molecular flexibility index (Phi) is 4.07. The molecule has 4 rings (SSSR count). The molecular formula is C19H27N5O. The highest BCUT2D eigenvalue weighted by Crippen LogP contribution is 2.42. The second-order valence-corrected chi connectivity index (χ2v) is 7.24. The van der Waals surface area contributed by atoms with E-state index in [0.717, 1.165) is 25.3 Å². The Morgan fingerprint density at radius 1 is 1.20 bits per heavy atom. The van der Waals surface area contributed by atoms with E-state index in [1.807, 2.05) is 17.9 Å². The maximum atomic E-state index is 6.24. The number of aromatic nitrogens is 2. The van der Waals surface area contributed by atoms with E-state index in [1.165, 1.54) is 41.9 Å².